The molecule has 1 atom stereocenters. The topological polar surface area (TPSA) is 59.1 Å². The molecule has 0 radical (unpaired) electrons. The summed E-state index contributed by atoms with van der Waals surface area (Å²) in [5, 5.41) is 0.279. The second kappa shape index (κ2) is 6.50. The van der Waals surface area contributed by atoms with Gasteiger partial charge in [-0.3, -0.25) is 0 Å². The van der Waals surface area contributed by atoms with Gasteiger partial charge in [0.2, 0.25) is 10.0 Å². The Bertz CT molecular complexity index is 471. The molecule has 6 heteroatoms. The van der Waals surface area contributed by atoms with Gasteiger partial charge in [-0.1, -0.05) is 25.4 Å². The lowest BCUT2D eigenvalue weighted by Gasteiger charge is -2.15. The number of nitrogens with zero attached hydrogens (tertiary/aromatic N) is 1. The van der Waals surface area contributed by atoms with Crippen molar-refractivity contribution in [1.29, 1.82) is 0 Å². The van der Waals surface area contributed by atoms with E-state index in [1.54, 1.807) is 0 Å². The Balaban J connectivity index is 2.67. The van der Waals surface area contributed by atoms with Crippen LogP contribution < -0.4 is 4.72 Å². The fourth-order valence-corrected chi connectivity index (χ4v) is 2.83. The third kappa shape index (κ3) is 4.92. The summed E-state index contributed by atoms with van der Waals surface area (Å²) in [6.07, 6.45) is 3.07. The number of rotatable bonds is 6. The quantitative estimate of drug-likeness (QED) is 0.820. The molecule has 1 aromatic heterocycles. The maximum absolute atomic E-state index is 12.0. The number of aromatic nitrogens is 1. The van der Waals surface area contributed by atoms with Gasteiger partial charge in [-0.05, 0) is 37.8 Å². The lowest BCUT2D eigenvalue weighted by molar-refractivity contribution is 0.485. The van der Waals surface area contributed by atoms with Gasteiger partial charge in [0.05, 0.1) is 0 Å². The van der Waals surface area contributed by atoms with Gasteiger partial charge >= 0.3 is 0 Å². The van der Waals surface area contributed by atoms with Crippen molar-refractivity contribution in [1.82, 2.24) is 9.71 Å². The molecule has 1 unspecified atom stereocenters. The fraction of sp³-hybridized carbons (Fsp3) is 0.583. The highest BCUT2D eigenvalue weighted by Crippen LogP contribution is 2.13. The van der Waals surface area contributed by atoms with Gasteiger partial charge in [-0.2, -0.15) is 0 Å². The van der Waals surface area contributed by atoms with Crippen molar-refractivity contribution >= 4 is 21.6 Å². The summed E-state index contributed by atoms with van der Waals surface area (Å²) in [6.45, 7) is 6.10. The van der Waals surface area contributed by atoms with Gasteiger partial charge in [0.1, 0.15) is 10.0 Å². The fourth-order valence-electron chi connectivity index (χ4n) is 1.50. The number of hydrogen-bond acceptors (Lipinski definition) is 3. The smallest absolute Gasteiger partial charge is 0.242 e. The predicted molar refractivity (Wildman–Crippen MR) is 73.1 cm³/mol. The van der Waals surface area contributed by atoms with E-state index in [0.717, 1.165) is 12.8 Å². The molecule has 102 valence electrons. The number of hydrogen-bond donors (Lipinski definition) is 1. The van der Waals surface area contributed by atoms with Crippen LogP contribution in [0.3, 0.4) is 0 Å². The Labute approximate surface area is 114 Å². The molecule has 0 aliphatic heterocycles. The van der Waals surface area contributed by atoms with Gasteiger partial charge in [0.25, 0.3) is 0 Å². The van der Waals surface area contributed by atoms with Crippen LogP contribution in [0.15, 0.2) is 23.2 Å². The second-order valence-electron chi connectivity index (χ2n) is 4.81. The second-order valence-corrected chi connectivity index (χ2v) is 6.91. The molecule has 0 spiro atoms. The van der Waals surface area contributed by atoms with Crippen LogP contribution >= 0.6 is 11.6 Å². The standard InChI is InChI=1S/C12H19ClN2O2S/c1-9(2)4-5-10(3)15-18(16,17)11-6-7-12(13)14-8-11/h6-10,15H,4-5H2,1-3H3. The molecule has 0 bridgehead atoms. The Morgan fingerprint density at radius 1 is 1.28 bits per heavy atom. The van der Waals surface area contributed by atoms with Gasteiger partial charge in [0.15, 0.2) is 0 Å². The van der Waals surface area contributed by atoms with Crippen LogP contribution in [-0.4, -0.2) is 19.4 Å². The van der Waals surface area contributed by atoms with Crippen LogP contribution in [0.5, 0.6) is 0 Å². The van der Waals surface area contributed by atoms with E-state index in [0.29, 0.717) is 5.92 Å². The van der Waals surface area contributed by atoms with E-state index in [9.17, 15) is 8.42 Å². The summed E-state index contributed by atoms with van der Waals surface area (Å²) in [5.74, 6) is 0.564. The summed E-state index contributed by atoms with van der Waals surface area (Å²) in [6, 6.07) is 2.83. The van der Waals surface area contributed by atoms with Crippen molar-refractivity contribution in [2.75, 3.05) is 0 Å². The first-order valence-corrected chi connectivity index (χ1v) is 7.81. The highest BCUT2D eigenvalue weighted by molar-refractivity contribution is 7.89. The normalized spacial score (nSPS) is 13.8. The van der Waals surface area contributed by atoms with Crippen LogP contribution in [0.2, 0.25) is 5.15 Å². The molecule has 0 amide bonds. The maximum Gasteiger partial charge on any atom is 0.242 e. The highest BCUT2D eigenvalue weighted by Gasteiger charge is 2.17. The third-order valence-electron chi connectivity index (χ3n) is 2.54. The maximum atomic E-state index is 12.0. The first kappa shape index (κ1) is 15.4. The molecule has 1 rings (SSSR count). The lowest BCUT2D eigenvalue weighted by atomic mass is 10.1. The molecule has 1 heterocycles. The zero-order chi connectivity index (χ0) is 13.8. The average molecular weight is 291 g/mol. The van der Waals surface area contributed by atoms with E-state index in [-0.39, 0.29) is 16.1 Å². The summed E-state index contributed by atoms with van der Waals surface area (Å²) < 4.78 is 26.6. The van der Waals surface area contributed by atoms with Crippen molar-refractivity contribution in [3.8, 4) is 0 Å². The number of nitrogens with one attached hydrogen (secondary N) is 1. The van der Waals surface area contributed by atoms with Gasteiger partial charge in [-0.15, -0.1) is 0 Å². The number of sulfonamides is 1. The predicted octanol–water partition coefficient (Wildman–Crippen LogP) is 2.84. The first-order chi connectivity index (χ1) is 8.31. The van der Waals surface area contributed by atoms with E-state index >= 15 is 0 Å². The zero-order valence-electron chi connectivity index (χ0n) is 10.9. The first-order valence-electron chi connectivity index (χ1n) is 5.95. The third-order valence-corrected chi connectivity index (χ3v) is 4.34. The van der Waals surface area contributed by atoms with Crippen molar-refractivity contribution < 1.29 is 8.42 Å². The van der Waals surface area contributed by atoms with Gasteiger partial charge < -0.3 is 0 Å². The SMILES string of the molecule is CC(C)CCC(C)NS(=O)(=O)c1ccc(Cl)nc1. The monoisotopic (exact) mass is 290 g/mol. The minimum atomic E-state index is -3.50. The molecule has 0 aromatic carbocycles. The molecule has 4 nitrogen and oxygen atoms in total. The van der Waals surface area contributed by atoms with Crippen molar-refractivity contribution in [3.63, 3.8) is 0 Å². The Hall–Kier alpha value is -0.650. The molecular formula is C12H19ClN2O2S. The van der Waals surface area contributed by atoms with Crippen LogP contribution in [-0.2, 0) is 10.0 Å². The van der Waals surface area contributed by atoms with Crippen molar-refractivity contribution in [2.45, 2.75) is 44.6 Å². The Morgan fingerprint density at radius 2 is 1.94 bits per heavy atom. The molecule has 0 saturated heterocycles. The minimum absolute atomic E-state index is 0.0897. The molecule has 0 aliphatic carbocycles. The summed E-state index contributed by atoms with van der Waals surface area (Å²) in [4.78, 5) is 3.92. The van der Waals surface area contributed by atoms with Crippen LogP contribution in [0.4, 0.5) is 0 Å². The molecule has 18 heavy (non-hydrogen) atoms. The van der Waals surface area contributed by atoms with Crippen molar-refractivity contribution in [2.24, 2.45) is 5.92 Å². The molecule has 1 aromatic rings. The zero-order valence-corrected chi connectivity index (χ0v) is 12.4. The van der Waals surface area contributed by atoms with Crippen LogP contribution in [0.1, 0.15) is 33.6 Å². The van der Waals surface area contributed by atoms with E-state index in [1.807, 2.05) is 6.92 Å². The Morgan fingerprint density at radius 3 is 2.44 bits per heavy atom. The summed E-state index contributed by atoms with van der Waals surface area (Å²) in [7, 11) is -3.50. The van der Waals surface area contributed by atoms with E-state index in [4.69, 9.17) is 11.6 Å². The van der Waals surface area contributed by atoms with Crippen molar-refractivity contribution in [3.05, 3.63) is 23.5 Å². The van der Waals surface area contributed by atoms with E-state index < -0.39 is 10.0 Å². The highest BCUT2D eigenvalue weighted by atomic mass is 35.5. The minimum Gasteiger partial charge on any atom is -0.243 e. The average Bonchev–Trinajstić information content (AvgIpc) is 2.26. The number of pyridine rings is 1. The van der Waals surface area contributed by atoms with Crippen LogP contribution in [0.25, 0.3) is 0 Å². The van der Waals surface area contributed by atoms with E-state index in [1.165, 1.54) is 18.3 Å². The molecule has 0 saturated carbocycles. The van der Waals surface area contributed by atoms with E-state index in [2.05, 4.69) is 23.6 Å². The number of halogens is 1. The molecule has 1 N–H and O–H groups in total. The van der Waals surface area contributed by atoms with Gasteiger partial charge in [-0.25, -0.2) is 18.1 Å². The largest absolute Gasteiger partial charge is 0.243 e. The lowest BCUT2D eigenvalue weighted by Crippen LogP contribution is -2.32. The van der Waals surface area contributed by atoms with Gasteiger partial charge in [0, 0.05) is 12.2 Å². The molecule has 0 aliphatic rings. The molecule has 0 fully saturated rings. The summed E-state index contributed by atoms with van der Waals surface area (Å²) in [5.41, 5.74) is 0. The Kier molecular flexibility index (Phi) is 5.56. The molecular weight excluding hydrogens is 272 g/mol. The van der Waals surface area contributed by atoms with Crippen LogP contribution in [0, 0.1) is 5.92 Å². The summed E-state index contributed by atoms with van der Waals surface area (Å²) >= 11 is 5.63.